The van der Waals surface area contributed by atoms with E-state index in [-0.39, 0.29) is 17.7 Å². The van der Waals surface area contributed by atoms with E-state index in [0.717, 1.165) is 19.1 Å². The maximum atomic E-state index is 12.9. The molecule has 29 heavy (non-hydrogen) atoms. The summed E-state index contributed by atoms with van der Waals surface area (Å²) in [5, 5.41) is 2.78. The van der Waals surface area contributed by atoms with Crippen LogP contribution in [-0.2, 0) is 10.0 Å². The molecule has 0 saturated carbocycles. The Labute approximate surface area is 170 Å². The van der Waals surface area contributed by atoms with E-state index >= 15 is 0 Å². The zero-order chi connectivity index (χ0) is 20.9. The van der Waals surface area contributed by atoms with Crippen LogP contribution < -0.4 is 10.0 Å². The average Bonchev–Trinajstić information content (AvgIpc) is 2.72. The molecule has 1 saturated heterocycles. The Balaban J connectivity index is 1.65. The first-order valence-corrected chi connectivity index (χ1v) is 11.3. The van der Waals surface area contributed by atoms with Crippen LogP contribution in [0.2, 0.25) is 0 Å². The molecule has 0 unspecified atom stereocenters. The molecule has 0 spiro atoms. The molecule has 2 N–H and O–H groups in total. The molecular formula is C20H24N4O4S. The van der Waals surface area contributed by atoms with E-state index < -0.39 is 10.0 Å². The third kappa shape index (κ3) is 6.10. The lowest BCUT2D eigenvalue weighted by molar-refractivity contribution is 0.0676. The van der Waals surface area contributed by atoms with Gasteiger partial charge in [-0.25, -0.2) is 13.1 Å². The first-order chi connectivity index (χ1) is 13.8. The van der Waals surface area contributed by atoms with Crippen molar-refractivity contribution in [1.29, 1.82) is 0 Å². The fourth-order valence-electron chi connectivity index (χ4n) is 3.30. The van der Waals surface area contributed by atoms with Gasteiger partial charge in [0.1, 0.15) is 0 Å². The van der Waals surface area contributed by atoms with Crippen LogP contribution in [0.15, 0.2) is 48.8 Å². The van der Waals surface area contributed by atoms with Crippen LogP contribution in [0.3, 0.4) is 0 Å². The SMILES string of the molecule is CS(=O)(=O)NC[C@@H]1CCCN(C(=O)c2cccc(NC(=O)c3cccnc3)c2)C1. The Kier molecular flexibility index (Phi) is 6.60. The van der Waals surface area contributed by atoms with Gasteiger partial charge >= 0.3 is 0 Å². The number of aromatic nitrogens is 1. The minimum atomic E-state index is -3.25. The molecule has 9 heteroatoms. The van der Waals surface area contributed by atoms with Gasteiger partial charge in [-0.05, 0) is 49.1 Å². The van der Waals surface area contributed by atoms with Crippen molar-refractivity contribution >= 4 is 27.5 Å². The highest BCUT2D eigenvalue weighted by molar-refractivity contribution is 7.88. The van der Waals surface area contributed by atoms with Crippen LogP contribution >= 0.6 is 0 Å². The molecular weight excluding hydrogens is 392 g/mol. The van der Waals surface area contributed by atoms with Crippen molar-refractivity contribution in [3.8, 4) is 0 Å². The highest BCUT2D eigenvalue weighted by atomic mass is 32.2. The van der Waals surface area contributed by atoms with Crippen molar-refractivity contribution in [2.24, 2.45) is 5.92 Å². The number of hydrogen-bond acceptors (Lipinski definition) is 5. The Morgan fingerprint density at radius 1 is 1.21 bits per heavy atom. The van der Waals surface area contributed by atoms with E-state index in [4.69, 9.17) is 0 Å². The van der Waals surface area contributed by atoms with Crippen LogP contribution in [0.1, 0.15) is 33.6 Å². The minimum absolute atomic E-state index is 0.0795. The van der Waals surface area contributed by atoms with E-state index in [9.17, 15) is 18.0 Å². The van der Waals surface area contributed by atoms with Crippen LogP contribution in [0.4, 0.5) is 5.69 Å². The van der Waals surface area contributed by atoms with Gasteiger partial charge in [-0.2, -0.15) is 0 Å². The molecule has 8 nitrogen and oxygen atoms in total. The number of amides is 2. The van der Waals surface area contributed by atoms with Gasteiger partial charge in [0, 0.05) is 43.3 Å². The van der Waals surface area contributed by atoms with Crippen molar-refractivity contribution in [3.05, 3.63) is 59.9 Å². The van der Waals surface area contributed by atoms with Crippen LogP contribution in [0.5, 0.6) is 0 Å². The van der Waals surface area contributed by atoms with Crippen LogP contribution in [0.25, 0.3) is 0 Å². The van der Waals surface area contributed by atoms with Gasteiger partial charge in [-0.1, -0.05) is 6.07 Å². The number of piperidine rings is 1. The predicted octanol–water partition coefficient (Wildman–Crippen LogP) is 1.74. The number of hydrogen-bond donors (Lipinski definition) is 2. The number of pyridine rings is 1. The number of rotatable bonds is 6. The lowest BCUT2D eigenvalue weighted by Gasteiger charge is -2.33. The van der Waals surface area contributed by atoms with Crippen molar-refractivity contribution < 1.29 is 18.0 Å². The van der Waals surface area contributed by atoms with Crippen molar-refractivity contribution in [2.45, 2.75) is 12.8 Å². The van der Waals surface area contributed by atoms with Gasteiger partial charge in [0.05, 0.1) is 11.8 Å². The van der Waals surface area contributed by atoms with Crippen molar-refractivity contribution in [1.82, 2.24) is 14.6 Å². The number of carbonyl (C=O) groups is 2. The van der Waals surface area contributed by atoms with Gasteiger partial charge in [-0.3, -0.25) is 14.6 Å². The van der Waals surface area contributed by atoms with Crippen molar-refractivity contribution in [3.63, 3.8) is 0 Å². The average molecular weight is 417 g/mol. The fraction of sp³-hybridized carbons (Fsp3) is 0.350. The molecule has 1 aromatic carbocycles. The number of nitrogens with zero attached hydrogens (tertiary/aromatic N) is 2. The largest absolute Gasteiger partial charge is 0.338 e. The zero-order valence-corrected chi connectivity index (χ0v) is 17.0. The Hall–Kier alpha value is -2.78. The Morgan fingerprint density at radius 2 is 2.00 bits per heavy atom. The molecule has 2 aromatic rings. The number of benzene rings is 1. The summed E-state index contributed by atoms with van der Waals surface area (Å²) in [5.41, 5.74) is 1.43. The van der Waals surface area contributed by atoms with Crippen LogP contribution in [-0.4, -0.2) is 56.0 Å². The highest BCUT2D eigenvalue weighted by Crippen LogP contribution is 2.20. The summed E-state index contributed by atoms with van der Waals surface area (Å²) in [6.07, 6.45) is 5.88. The fourth-order valence-corrected chi connectivity index (χ4v) is 3.84. The molecule has 1 fully saturated rings. The second-order valence-electron chi connectivity index (χ2n) is 7.16. The number of sulfonamides is 1. The summed E-state index contributed by atoms with van der Waals surface area (Å²) < 4.78 is 25.1. The van der Waals surface area contributed by atoms with E-state index in [1.807, 2.05) is 0 Å². The predicted molar refractivity (Wildman–Crippen MR) is 110 cm³/mol. The highest BCUT2D eigenvalue weighted by Gasteiger charge is 2.25. The first kappa shape index (κ1) is 20.9. The number of nitrogens with one attached hydrogen (secondary N) is 2. The monoisotopic (exact) mass is 416 g/mol. The summed E-state index contributed by atoms with van der Waals surface area (Å²) in [7, 11) is -3.25. The molecule has 2 amide bonds. The van der Waals surface area contributed by atoms with E-state index in [1.54, 1.807) is 47.5 Å². The summed E-state index contributed by atoms with van der Waals surface area (Å²) in [6, 6.07) is 10.1. The molecule has 1 aromatic heterocycles. The molecule has 2 heterocycles. The first-order valence-electron chi connectivity index (χ1n) is 9.37. The van der Waals surface area contributed by atoms with E-state index in [1.165, 1.54) is 6.20 Å². The summed E-state index contributed by atoms with van der Waals surface area (Å²) >= 11 is 0. The van der Waals surface area contributed by atoms with Gasteiger partial charge in [0.2, 0.25) is 10.0 Å². The maximum Gasteiger partial charge on any atom is 0.257 e. The smallest absolute Gasteiger partial charge is 0.257 e. The number of anilines is 1. The lowest BCUT2D eigenvalue weighted by Crippen LogP contribution is -2.43. The Bertz CT molecular complexity index is 979. The third-order valence-corrected chi connectivity index (χ3v) is 5.42. The summed E-state index contributed by atoms with van der Waals surface area (Å²) in [5.74, 6) is -0.352. The number of carbonyl (C=O) groups excluding carboxylic acids is 2. The molecule has 0 radical (unpaired) electrons. The molecule has 3 rings (SSSR count). The molecule has 0 bridgehead atoms. The second-order valence-corrected chi connectivity index (χ2v) is 8.99. The molecule has 0 aliphatic carbocycles. The molecule has 1 aliphatic rings. The standard InChI is InChI=1S/C20H24N4O4S/c1-29(27,28)22-12-15-5-4-10-24(14-15)20(26)16-6-2-8-18(11-16)23-19(25)17-7-3-9-21-13-17/h2-3,6-9,11,13,15,22H,4-5,10,12,14H2,1H3,(H,23,25)/t15-/m0/s1. The maximum absolute atomic E-state index is 12.9. The second kappa shape index (κ2) is 9.15. The number of likely N-dealkylation sites (tertiary alicyclic amines) is 1. The normalized spacial score (nSPS) is 17.0. The third-order valence-electron chi connectivity index (χ3n) is 4.73. The van der Waals surface area contributed by atoms with E-state index in [2.05, 4.69) is 15.0 Å². The quantitative estimate of drug-likeness (QED) is 0.746. The van der Waals surface area contributed by atoms with Gasteiger partial charge in [0.15, 0.2) is 0 Å². The van der Waals surface area contributed by atoms with Crippen LogP contribution in [0, 0.1) is 5.92 Å². The molecule has 1 atom stereocenters. The van der Waals surface area contributed by atoms with Gasteiger partial charge in [-0.15, -0.1) is 0 Å². The van der Waals surface area contributed by atoms with Gasteiger partial charge in [0.25, 0.3) is 11.8 Å². The van der Waals surface area contributed by atoms with Gasteiger partial charge < -0.3 is 10.2 Å². The lowest BCUT2D eigenvalue weighted by atomic mass is 9.97. The topological polar surface area (TPSA) is 108 Å². The Morgan fingerprint density at radius 3 is 2.72 bits per heavy atom. The molecule has 1 aliphatic heterocycles. The van der Waals surface area contributed by atoms with Crippen molar-refractivity contribution in [2.75, 3.05) is 31.2 Å². The summed E-state index contributed by atoms with van der Waals surface area (Å²) in [6.45, 7) is 1.44. The zero-order valence-electron chi connectivity index (χ0n) is 16.2. The van der Waals surface area contributed by atoms with E-state index in [0.29, 0.717) is 36.4 Å². The summed E-state index contributed by atoms with van der Waals surface area (Å²) in [4.78, 5) is 30.9. The minimum Gasteiger partial charge on any atom is -0.338 e. The molecule has 154 valence electrons.